The first-order valence-electron chi connectivity index (χ1n) is 9.66. The Balaban J connectivity index is 0.00000312. The zero-order valence-electron chi connectivity index (χ0n) is 15.8. The van der Waals surface area contributed by atoms with Crippen molar-refractivity contribution in [3.63, 3.8) is 0 Å². The highest BCUT2D eigenvalue weighted by molar-refractivity contribution is 14.0. The third-order valence-electron chi connectivity index (χ3n) is 5.29. The second-order valence-electron chi connectivity index (χ2n) is 7.09. The smallest absolute Gasteiger partial charge is 0.188 e. The maximum absolute atomic E-state index is 6.06. The Hall–Kier alpha value is -0.120. The summed E-state index contributed by atoms with van der Waals surface area (Å²) in [6.45, 7) is 10.3. The molecule has 0 aromatic rings. The largest absolute Gasteiger partial charge is 0.382 e. The highest BCUT2D eigenvalue weighted by Crippen LogP contribution is 2.41. The van der Waals surface area contributed by atoms with Gasteiger partial charge in [-0.05, 0) is 44.6 Å². The summed E-state index contributed by atoms with van der Waals surface area (Å²) < 4.78 is 10.9. The fourth-order valence-electron chi connectivity index (χ4n) is 3.70. The molecule has 0 bridgehead atoms. The topological polar surface area (TPSA) is 72.1 Å². The minimum Gasteiger partial charge on any atom is -0.382 e. The monoisotopic (exact) mass is 468 g/mol. The summed E-state index contributed by atoms with van der Waals surface area (Å²) in [4.78, 5) is 7.08. The fraction of sp³-hybridized carbons (Fsp3) is 0.944. The molecule has 1 heterocycles. The average Bonchev–Trinajstić information content (AvgIpc) is 3.07. The Morgan fingerprint density at radius 1 is 1.28 bits per heavy atom. The van der Waals surface area contributed by atoms with E-state index in [0.717, 1.165) is 72.0 Å². The van der Waals surface area contributed by atoms with Gasteiger partial charge in [0.25, 0.3) is 0 Å². The molecule has 0 radical (unpaired) electrons. The molecule has 0 aromatic heterocycles. The van der Waals surface area contributed by atoms with E-state index in [2.05, 4.69) is 22.1 Å². The van der Waals surface area contributed by atoms with Gasteiger partial charge in [0.2, 0.25) is 0 Å². The molecule has 0 amide bonds. The van der Waals surface area contributed by atoms with Gasteiger partial charge >= 0.3 is 0 Å². The van der Waals surface area contributed by atoms with Gasteiger partial charge in [0, 0.05) is 39.4 Å². The second kappa shape index (κ2) is 13.1. The lowest BCUT2D eigenvalue weighted by atomic mass is 9.83. The molecule has 2 fully saturated rings. The molecule has 6 nitrogen and oxygen atoms in total. The molecule has 1 saturated heterocycles. The lowest BCUT2D eigenvalue weighted by Gasteiger charge is -2.27. The molecule has 1 aliphatic heterocycles. The van der Waals surface area contributed by atoms with Crippen LogP contribution in [0.1, 0.15) is 45.4 Å². The van der Waals surface area contributed by atoms with Crippen molar-refractivity contribution >= 4 is 29.9 Å². The standard InChI is InChI=1S/C18H36N4O2.HI/c1-2-23-13-8-18(6-3-4-7-18)16-21-17(19)20-9-5-10-22-11-14-24-15-12-22;/h2-16H2,1H3,(H3,19,20,21);1H. The molecule has 1 aliphatic carbocycles. The molecule has 25 heavy (non-hydrogen) atoms. The number of hydrogen-bond acceptors (Lipinski definition) is 4. The number of rotatable bonds is 10. The van der Waals surface area contributed by atoms with Crippen LogP contribution < -0.4 is 11.1 Å². The second-order valence-corrected chi connectivity index (χ2v) is 7.09. The molecule has 3 N–H and O–H groups in total. The van der Waals surface area contributed by atoms with Crippen LogP contribution in [0, 0.1) is 5.41 Å². The first kappa shape index (κ1) is 22.9. The summed E-state index contributed by atoms with van der Waals surface area (Å²) >= 11 is 0. The molecule has 2 rings (SSSR count). The van der Waals surface area contributed by atoms with Crippen molar-refractivity contribution in [1.82, 2.24) is 10.2 Å². The van der Waals surface area contributed by atoms with Crippen LogP contribution in [0.2, 0.25) is 0 Å². The molecule has 1 saturated carbocycles. The zero-order valence-corrected chi connectivity index (χ0v) is 18.1. The van der Waals surface area contributed by atoms with Crippen LogP contribution in [0.3, 0.4) is 0 Å². The number of nitrogens with one attached hydrogen (secondary N) is 1. The van der Waals surface area contributed by atoms with Crippen molar-refractivity contribution in [3.05, 3.63) is 0 Å². The van der Waals surface area contributed by atoms with Crippen LogP contribution in [0.25, 0.3) is 0 Å². The van der Waals surface area contributed by atoms with Crippen molar-refractivity contribution in [2.75, 3.05) is 59.2 Å². The van der Waals surface area contributed by atoms with E-state index >= 15 is 0 Å². The van der Waals surface area contributed by atoms with Gasteiger partial charge in [0.15, 0.2) is 5.96 Å². The van der Waals surface area contributed by atoms with E-state index in [-0.39, 0.29) is 24.0 Å². The minimum absolute atomic E-state index is 0. The molecule has 0 atom stereocenters. The lowest BCUT2D eigenvalue weighted by molar-refractivity contribution is 0.0376. The molecule has 0 aromatic carbocycles. The summed E-state index contributed by atoms with van der Waals surface area (Å²) in [5.74, 6) is 0.597. The van der Waals surface area contributed by atoms with Gasteiger partial charge in [-0.2, -0.15) is 0 Å². The minimum atomic E-state index is 0. The number of halogens is 1. The maximum Gasteiger partial charge on any atom is 0.188 e. The Kier molecular flexibility index (Phi) is 12.0. The molecular weight excluding hydrogens is 431 g/mol. The van der Waals surface area contributed by atoms with E-state index in [1.165, 1.54) is 25.7 Å². The fourth-order valence-corrected chi connectivity index (χ4v) is 3.70. The molecule has 7 heteroatoms. The van der Waals surface area contributed by atoms with Gasteiger partial charge in [0.05, 0.1) is 13.2 Å². The SMILES string of the molecule is CCOCCC1(CN=C(N)NCCCN2CCOCC2)CCCC1.I. The molecule has 0 unspecified atom stereocenters. The Labute approximate surface area is 170 Å². The molecular formula is C18H37IN4O2. The van der Waals surface area contributed by atoms with Crippen LogP contribution in [-0.4, -0.2) is 70.0 Å². The van der Waals surface area contributed by atoms with Crippen LogP contribution >= 0.6 is 24.0 Å². The van der Waals surface area contributed by atoms with Crippen molar-refractivity contribution < 1.29 is 9.47 Å². The summed E-state index contributed by atoms with van der Waals surface area (Å²) in [5.41, 5.74) is 6.37. The Morgan fingerprint density at radius 2 is 2.00 bits per heavy atom. The van der Waals surface area contributed by atoms with Crippen molar-refractivity contribution in [1.29, 1.82) is 0 Å². The van der Waals surface area contributed by atoms with Crippen LogP contribution in [0.5, 0.6) is 0 Å². The normalized spacial score (nSPS) is 21.1. The number of guanidine groups is 1. The van der Waals surface area contributed by atoms with E-state index in [0.29, 0.717) is 11.4 Å². The zero-order chi connectivity index (χ0) is 17.1. The van der Waals surface area contributed by atoms with E-state index < -0.39 is 0 Å². The van der Waals surface area contributed by atoms with Gasteiger partial charge in [0.1, 0.15) is 0 Å². The van der Waals surface area contributed by atoms with Gasteiger partial charge in [-0.25, -0.2) is 0 Å². The van der Waals surface area contributed by atoms with E-state index in [4.69, 9.17) is 15.2 Å². The van der Waals surface area contributed by atoms with Crippen molar-refractivity contribution in [2.24, 2.45) is 16.1 Å². The Bertz CT molecular complexity index is 370. The van der Waals surface area contributed by atoms with Crippen LogP contribution in [0.15, 0.2) is 4.99 Å². The highest BCUT2D eigenvalue weighted by Gasteiger charge is 2.33. The van der Waals surface area contributed by atoms with Crippen molar-refractivity contribution in [3.8, 4) is 0 Å². The summed E-state index contributed by atoms with van der Waals surface area (Å²) in [7, 11) is 0. The lowest BCUT2D eigenvalue weighted by Crippen LogP contribution is -2.39. The first-order chi connectivity index (χ1) is 11.7. The molecule has 2 aliphatic rings. The molecule has 0 spiro atoms. The van der Waals surface area contributed by atoms with E-state index in [9.17, 15) is 0 Å². The van der Waals surface area contributed by atoms with Crippen LogP contribution in [0.4, 0.5) is 0 Å². The third-order valence-corrected chi connectivity index (χ3v) is 5.29. The summed E-state index contributed by atoms with van der Waals surface area (Å²) in [5, 5.41) is 3.27. The van der Waals surface area contributed by atoms with Crippen LogP contribution in [-0.2, 0) is 9.47 Å². The number of hydrogen-bond donors (Lipinski definition) is 2. The first-order valence-corrected chi connectivity index (χ1v) is 9.66. The Morgan fingerprint density at radius 3 is 2.68 bits per heavy atom. The van der Waals surface area contributed by atoms with Gasteiger partial charge in [-0.1, -0.05) is 12.8 Å². The van der Waals surface area contributed by atoms with Gasteiger partial charge in [-0.15, -0.1) is 24.0 Å². The third kappa shape index (κ3) is 8.88. The maximum atomic E-state index is 6.06. The van der Waals surface area contributed by atoms with Gasteiger partial charge in [-0.3, -0.25) is 9.89 Å². The molecule has 148 valence electrons. The number of ether oxygens (including phenoxy) is 2. The summed E-state index contributed by atoms with van der Waals surface area (Å²) in [6.07, 6.45) is 7.34. The quantitative estimate of drug-likeness (QED) is 0.223. The average molecular weight is 468 g/mol. The highest BCUT2D eigenvalue weighted by atomic mass is 127. The number of aliphatic imine (C=N–C) groups is 1. The predicted octanol–water partition coefficient (Wildman–Crippen LogP) is 2.22. The van der Waals surface area contributed by atoms with E-state index in [1.54, 1.807) is 0 Å². The predicted molar refractivity (Wildman–Crippen MR) is 114 cm³/mol. The number of nitrogens with zero attached hydrogens (tertiary/aromatic N) is 2. The summed E-state index contributed by atoms with van der Waals surface area (Å²) in [6, 6.07) is 0. The number of nitrogens with two attached hydrogens (primary N) is 1. The number of morpholine rings is 1. The van der Waals surface area contributed by atoms with E-state index in [1.807, 2.05) is 0 Å². The van der Waals surface area contributed by atoms with Crippen molar-refractivity contribution in [2.45, 2.75) is 45.4 Å². The van der Waals surface area contributed by atoms with Gasteiger partial charge < -0.3 is 20.5 Å².